The number of piperazine rings is 1. The Hall–Kier alpha value is -3.20. The molecule has 0 unspecified atom stereocenters. The van der Waals surface area contributed by atoms with Crippen LogP contribution in [-0.2, 0) is 0 Å². The third-order valence-corrected chi connectivity index (χ3v) is 4.42. The van der Waals surface area contributed by atoms with Crippen molar-refractivity contribution in [3.63, 3.8) is 0 Å². The Bertz CT molecular complexity index is 815. The number of nitrogens with zero attached hydrogens (tertiary/aromatic N) is 5. The van der Waals surface area contributed by atoms with Gasteiger partial charge in [0.25, 0.3) is 0 Å². The number of rotatable bonds is 6. The molecule has 1 aromatic carbocycles. The molecule has 9 heteroatoms. The molecule has 0 amide bonds. The van der Waals surface area contributed by atoms with Gasteiger partial charge < -0.3 is 20.4 Å². The fourth-order valence-corrected chi connectivity index (χ4v) is 2.86. The van der Waals surface area contributed by atoms with Crippen LogP contribution in [0.4, 0.5) is 23.1 Å². The standard InChI is InChI=1S/C18H23N7O2/c1-19-17-14(7-8-25(26)27)13-20-18(22-17)21-15-3-5-16(6-4-15)24-11-9-23(2)10-12-24/h3-8,13H,9-12H2,1-2H3,(H2,19,20,21,22)/b8-7+. The van der Waals surface area contributed by atoms with Gasteiger partial charge in [-0.25, -0.2) is 4.98 Å². The lowest BCUT2D eigenvalue weighted by molar-refractivity contribution is -0.400. The SMILES string of the molecule is CNc1nc(Nc2ccc(N3CCN(C)CC3)cc2)ncc1/C=C/[N+](=O)[O-]. The molecule has 2 heterocycles. The summed E-state index contributed by atoms with van der Waals surface area (Å²) < 4.78 is 0. The van der Waals surface area contributed by atoms with Gasteiger partial charge in [-0.1, -0.05) is 0 Å². The van der Waals surface area contributed by atoms with Gasteiger partial charge in [-0.3, -0.25) is 10.1 Å². The smallest absolute Gasteiger partial charge is 0.235 e. The van der Waals surface area contributed by atoms with Gasteiger partial charge in [0, 0.05) is 62.4 Å². The lowest BCUT2D eigenvalue weighted by Gasteiger charge is -2.34. The van der Waals surface area contributed by atoms with Crippen molar-refractivity contribution in [2.75, 3.05) is 55.8 Å². The number of nitrogens with one attached hydrogen (secondary N) is 2. The molecule has 9 nitrogen and oxygen atoms in total. The molecule has 1 aliphatic heterocycles. The van der Waals surface area contributed by atoms with E-state index in [9.17, 15) is 10.1 Å². The lowest BCUT2D eigenvalue weighted by atomic mass is 10.2. The quantitative estimate of drug-likeness (QED) is 0.591. The minimum atomic E-state index is -0.520. The molecule has 0 saturated carbocycles. The highest BCUT2D eigenvalue weighted by atomic mass is 16.6. The van der Waals surface area contributed by atoms with Crippen molar-refractivity contribution in [2.24, 2.45) is 0 Å². The molecule has 0 aliphatic carbocycles. The zero-order valence-electron chi connectivity index (χ0n) is 15.4. The summed E-state index contributed by atoms with van der Waals surface area (Å²) in [6.07, 6.45) is 3.77. The molecular formula is C18H23N7O2. The first kappa shape index (κ1) is 18.6. The van der Waals surface area contributed by atoms with Crippen LogP contribution in [0.25, 0.3) is 6.08 Å². The van der Waals surface area contributed by atoms with Crippen LogP contribution >= 0.6 is 0 Å². The highest BCUT2D eigenvalue weighted by molar-refractivity contribution is 5.65. The predicted molar refractivity (Wildman–Crippen MR) is 107 cm³/mol. The van der Waals surface area contributed by atoms with Crippen LogP contribution in [0, 0.1) is 10.1 Å². The third kappa shape index (κ3) is 4.91. The van der Waals surface area contributed by atoms with Crippen molar-refractivity contribution < 1.29 is 4.92 Å². The van der Waals surface area contributed by atoms with Crippen LogP contribution in [0.5, 0.6) is 0 Å². The number of anilines is 4. The Balaban J connectivity index is 1.69. The van der Waals surface area contributed by atoms with Crippen molar-refractivity contribution in [1.82, 2.24) is 14.9 Å². The number of benzene rings is 1. The van der Waals surface area contributed by atoms with Crippen LogP contribution in [0.3, 0.4) is 0 Å². The molecule has 2 N–H and O–H groups in total. The Labute approximate surface area is 157 Å². The van der Waals surface area contributed by atoms with Crippen LogP contribution in [-0.4, -0.2) is 60.1 Å². The second-order valence-electron chi connectivity index (χ2n) is 6.31. The van der Waals surface area contributed by atoms with Crippen LogP contribution < -0.4 is 15.5 Å². The van der Waals surface area contributed by atoms with Gasteiger partial charge in [0.1, 0.15) is 5.82 Å². The first-order chi connectivity index (χ1) is 13.0. The molecule has 1 fully saturated rings. The zero-order chi connectivity index (χ0) is 19.2. The molecule has 1 aromatic heterocycles. The van der Waals surface area contributed by atoms with Crippen LogP contribution in [0.15, 0.2) is 36.7 Å². The van der Waals surface area contributed by atoms with Gasteiger partial charge in [-0.05, 0) is 31.3 Å². The molecular weight excluding hydrogens is 346 g/mol. The fourth-order valence-electron chi connectivity index (χ4n) is 2.86. The second-order valence-corrected chi connectivity index (χ2v) is 6.31. The molecule has 1 saturated heterocycles. The Morgan fingerprint density at radius 1 is 1.19 bits per heavy atom. The Morgan fingerprint density at radius 3 is 2.52 bits per heavy atom. The molecule has 142 valence electrons. The lowest BCUT2D eigenvalue weighted by Crippen LogP contribution is -2.44. The highest BCUT2D eigenvalue weighted by Crippen LogP contribution is 2.22. The van der Waals surface area contributed by atoms with Gasteiger partial charge in [0.15, 0.2) is 0 Å². The average Bonchev–Trinajstić information content (AvgIpc) is 2.68. The van der Waals surface area contributed by atoms with Gasteiger partial charge in [0.05, 0.1) is 4.92 Å². The number of hydrogen-bond acceptors (Lipinski definition) is 8. The van der Waals surface area contributed by atoms with E-state index in [1.54, 1.807) is 13.2 Å². The van der Waals surface area contributed by atoms with Crippen LogP contribution in [0.2, 0.25) is 0 Å². The van der Waals surface area contributed by atoms with Gasteiger partial charge >= 0.3 is 0 Å². The van der Waals surface area contributed by atoms with Gasteiger partial charge in [-0.15, -0.1) is 0 Å². The van der Waals surface area contributed by atoms with E-state index in [0.717, 1.165) is 38.1 Å². The number of aromatic nitrogens is 2. The summed E-state index contributed by atoms with van der Waals surface area (Å²) in [5, 5.41) is 16.6. The topological polar surface area (TPSA) is 99.5 Å². The van der Waals surface area contributed by atoms with Crippen molar-refractivity contribution in [1.29, 1.82) is 0 Å². The number of likely N-dealkylation sites (N-methyl/N-ethyl adjacent to an activating group) is 1. The summed E-state index contributed by atoms with van der Waals surface area (Å²) >= 11 is 0. The molecule has 0 spiro atoms. The largest absolute Gasteiger partial charge is 0.372 e. The molecule has 2 aromatic rings. The molecule has 0 bridgehead atoms. The fraction of sp³-hybridized carbons (Fsp3) is 0.333. The molecule has 27 heavy (non-hydrogen) atoms. The molecule has 0 radical (unpaired) electrons. The van der Waals surface area contributed by atoms with Crippen LogP contribution in [0.1, 0.15) is 5.56 Å². The van der Waals surface area contributed by atoms with Crippen molar-refractivity contribution in [3.8, 4) is 0 Å². The minimum absolute atomic E-state index is 0.421. The highest BCUT2D eigenvalue weighted by Gasteiger charge is 2.14. The summed E-state index contributed by atoms with van der Waals surface area (Å²) in [5.41, 5.74) is 2.62. The minimum Gasteiger partial charge on any atom is -0.372 e. The first-order valence-electron chi connectivity index (χ1n) is 8.72. The second kappa shape index (κ2) is 8.45. The summed E-state index contributed by atoms with van der Waals surface area (Å²) in [6.45, 7) is 4.18. The maximum absolute atomic E-state index is 10.5. The van der Waals surface area contributed by atoms with Gasteiger partial charge in [-0.2, -0.15) is 4.98 Å². The average molecular weight is 369 g/mol. The van der Waals surface area contributed by atoms with Crippen molar-refractivity contribution >= 4 is 29.2 Å². The van der Waals surface area contributed by atoms with Crippen molar-refractivity contribution in [2.45, 2.75) is 0 Å². The summed E-state index contributed by atoms with van der Waals surface area (Å²) in [4.78, 5) is 23.2. The first-order valence-corrected chi connectivity index (χ1v) is 8.72. The van der Waals surface area contributed by atoms with E-state index in [-0.39, 0.29) is 0 Å². The zero-order valence-corrected chi connectivity index (χ0v) is 15.4. The number of hydrogen-bond donors (Lipinski definition) is 2. The summed E-state index contributed by atoms with van der Waals surface area (Å²) in [7, 11) is 3.85. The Morgan fingerprint density at radius 2 is 1.89 bits per heavy atom. The van der Waals surface area contributed by atoms with E-state index in [0.29, 0.717) is 17.3 Å². The molecule has 1 aliphatic rings. The Kier molecular flexibility index (Phi) is 5.82. The van der Waals surface area contributed by atoms with Gasteiger partial charge in [0.2, 0.25) is 12.1 Å². The monoisotopic (exact) mass is 369 g/mol. The summed E-state index contributed by atoms with van der Waals surface area (Å²) in [5.74, 6) is 0.935. The normalized spacial score (nSPS) is 15.1. The molecule has 3 rings (SSSR count). The predicted octanol–water partition coefficient (Wildman–Crippen LogP) is 2.26. The third-order valence-electron chi connectivity index (χ3n) is 4.42. The van der Waals surface area contributed by atoms with E-state index in [1.165, 1.54) is 11.8 Å². The van der Waals surface area contributed by atoms with E-state index in [2.05, 4.69) is 49.6 Å². The van der Waals surface area contributed by atoms with E-state index in [4.69, 9.17) is 0 Å². The summed E-state index contributed by atoms with van der Waals surface area (Å²) in [6, 6.07) is 8.16. The van der Waals surface area contributed by atoms with E-state index < -0.39 is 4.92 Å². The maximum atomic E-state index is 10.5. The number of nitro groups is 1. The molecule has 0 atom stereocenters. The maximum Gasteiger partial charge on any atom is 0.235 e. The van der Waals surface area contributed by atoms with E-state index in [1.807, 2.05) is 12.1 Å². The van der Waals surface area contributed by atoms with Crippen molar-refractivity contribution in [3.05, 3.63) is 52.3 Å². The van der Waals surface area contributed by atoms with E-state index >= 15 is 0 Å².